The van der Waals surface area contributed by atoms with E-state index in [2.05, 4.69) is 19.9 Å². The van der Waals surface area contributed by atoms with Crippen molar-refractivity contribution in [2.24, 2.45) is 0 Å². The number of alkyl halides is 3. The topological polar surface area (TPSA) is 72.6 Å². The van der Waals surface area contributed by atoms with Crippen molar-refractivity contribution in [1.29, 1.82) is 0 Å². The van der Waals surface area contributed by atoms with Crippen molar-refractivity contribution in [3.63, 3.8) is 0 Å². The van der Waals surface area contributed by atoms with Crippen LogP contribution in [-0.2, 0) is 0 Å². The minimum absolute atomic E-state index is 0.125. The largest absolute Gasteiger partial charge is 0.394 e. The van der Waals surface area contributed by atoms with Crippen LogP contribution in [0.3, 0.4) is 0 Å². The molecule has 0 fully saturated rings. The van der Waals surface area contributed by atoms with Crippen molar-refractivity contribution in [2.45, 2.75) is 18.6 Å². The van der Waals surface area contributed by atoms with Crippen LogP contribution in [0.5, 0.6) is 0 Å². The lowest BCUT2D eigenvalue weighted by Crippen LogP contribution is -2.22. The summed E-state index contributed by atoms with van der Waals surface area (Å²) in [5.74, 6) is -0.352. The van der Waals surface area contributed by atoms with Crippen LogP contribution in [-0.4, -0.2) is 42.0 Å². The van der Waals surface area contributed by atoms with E-state index < -0.39 is 31.1 Å². The third-order valence-corrected chi connectivity index (χ3v) is 4.68. The molecule has 0 unspecified atom stereocenters. The zero-order valence-corrected chi connectivity index (χ0v) is 15.8. The first kappa shape index (κ1) is 20.5. The quantitative estimate of drug-likeness (QED) is 0.376. The lowest BCUT2D eigenvalue weighted by molar-refractivity contribution is -0.145. The summed E-state index contributed by atoms with van der Waals surface area (Å²) in [6.45, 7) is 6.45. The van der Waals surface area contributed by atoms with Crippen LogP contribution < -0.4 is 0 Å². The number of aliphatic hydroxyl groups is 1. The first-order valence-electron chi connectivity index (χ1n) is 9.03. The summed E-state index contributed by atoms with van der Waals surface area (Å²) >= 11 is 0. The summed E-state index contributed by atoms with van der Waals surface area (Å²) in [7, 11) is 0. The molecule has 11 heteroatoms. The first-order chi connectivity index (χ1) is 14.8. The summed E-state index contributed by atoms with van der Waals surface area (Å²) in [6.07, 6.45) is -3.28. The van der Waals surface area contributed by atoms with E-state index in [9.17, 15) is 22.7 Å². The summed E-state index contributed by atoms with van der Waals surface area (Å²) < 4.78 is 55.2. The Morgan fingerprint density at radius 2 is 1.84 bits per heavy atom. The molecule has 1 aromatic carbocycles. The first-order valence-corrected chi connectivity index (χ1v) is 9.03. The van der Waals surface area contributed by atoms with Crippen molar-refractivity contribution < 1.29 is 22.7 Å². The number of halogens is 4. The normalized spacial score (nSPS) is 12.8. The Morgan fingerprint density at radius 1 is 1.10 bits per heavy atom. The highest BCUT2D eigenvalue weighted by molar-refractivity contribution is 5.77. The third kappa shape index (κ3) is 3.97. The Balaban J connectivity index is 1.94. The van der Waals surface area contributed by atoms with Gasteiger partial charge in [-0.05, 0) is 30.3 Å². The van der Waals surface area contributed by atoms with Crippen LogP contribution >= 0.6 is 0 Å². The van der Waals surface area contributed by atoms with Gasteiger partial charge in [0.2, 0.25) is 5.65 Å². The predicted octanol–water partition coefficient (Wildman–Crippen LogP) is 4.44. The molecule has 0 saturated carbocycles. The van der Waals surface area contributed by atoms with Gasteiger partial charge in [0.25, 0.3) is 5.82 Å². The second kappa shape index (κ2) is 7.81. The van der Waals surface area contributed by atoms with Crippen molar-refractivity contribution in [3.05, 3.63) is 66.2 Å². The molecule has 31 heavy (non-hydrogen) atoms. The number of hydrogen-bond acceptors (Lipinski definition) is 4. The SMILES string of the molecule is [C-]#[N+]c1cnc2ccc(-c3c(-c4ccc(F)cc4)ncn3[C@@H](CO)CC(F)(F)F)nn12. The van der Waals surface area contributed by atoms with Gasteiger partial charge in [-0.25, -0.2) is 14.4 Å². The van der Waals surface area contributed by atoms with E-state index in [1.807, 2.05) is 0 Å². The van der Waals surface area contributed by atoms with E-state index >= 15 is 0 Å². The predicted molar refractivity (Wildman–Crippen MR) is 103 cm³/mol. The molecule has 1 atom stereocenters. The minimum atomic E-state index is -4.52. The molecule has 4 aromatic rings. The minimum Gasteiger partial charge on any atom is -0.394 e. The lowest BCUT2D eigenvalue weighted by Gasteiger charge is -2.20. The second-order valence-corrected chi connectivity index (χ2v) is 6.73. The molecule has 0 spiro atoms. The molecule has 1 N–H and O–H groups in total. The third-order valence-electron chi connectivity index (χ3n) is 4.68. The van der Waals surface area contributed by atoms with Gasteiger partial charge in [0.05, 0.1) is 43.0 Å². The fourth-order valence-electron chi connectivity index (χ4n) is 3.29. The highest BCUT2D eigenvalue weighted by Gasteiger charge is 2.34. The van der Waals surface area contributed by atoms with Gasteiger partial charge in [-0.1, -0.05) is 11.7 Å². The van der Waals surface area contributed by atoms with Crippen LogP contribution in [0.1, 0.15) is 12.5 Å². The summed E-state index contributed by atoms with van der Waals surface area (Å²) in [5.41, 5.74) is 1.51. The molecule has 0 amide bonds. The van der Waals surface area contributed by atoms with E-state index in [1.54, 1.807) is 12.1 Å². The maximum atomic E-state index is 13.4. The molecule has 158 valence electrons. The number of rotatable bonds is 5. The number of fused-ring (bicyclic) bond motifs is 1. The fourth-order valence-corrected chi connectivity index (χ4v) is 3.29. The number of benzene rings is 1. The summed E-state index contributed by atoms with van der Waals surface area (Å²) in [4.78, 5) is 11.6. The molecule has 0 bridgehead atoms. The molecular weight excluding hydrogens is 416 g/mol. The molecule has 7 nitrogen and oxygen atoms in total. The van der Waals surface area contributed by atoms with E-state index in [1.165, 1.54) is 45.9 Å². The van der Waals surface area contributed by atoms with Gasteiger partial charge in [0.1, 0.15) is 11.5 Å². The van der Waals surface area contributed by atoms with Crippen molar-refractivity contribution >= 4 is 11.5 Å². The standard InChI is InChI=1S/C20H14F4N6O/c1-25-17-9-26-16-7-6-15(28-30(16)17)19-18(12-2-4-13(21)5-3-12)27-11-29(19)14(10-31)8-20(22,23)24/h2-7,9,11,14,31H,8,10H2/t14-/m1/s1. The van der Waals surface area contributed by atoms with Crippen LogP contribution in [0.15, 0.2) is 48.9 Å². The monoisotopic (exact) mass is 430 g/mol. The van der Waals surface area contributed by atoms with Crippen LogP contribution in [0.2, 0.25) is 0 Å². The molecule has 0 aliphatic rings. The molecule has 3 heterocycles. The van der Waals surface area contributed by atoms with E-state index in [0.717, 1.165) is 0 Å². The van der Waals surface area contributed by atoms with E-state index in [-0.39, 0.29) is 22.9 Å². The number of hydrogen-bond donors (Lipinski definition) is 1. The number of imidazole rings is 2. The van der Waals surface area contributed by atoms with Gasteiger partial charge >= 0.3 is 6.18 Å². The number of nitrogens with zero attached hydrogens (tertiary/aromatic N) is 6. The zero-order chi connectivity index (χ0) is 22.2. The van der Waals surface area contributed by atoms with Gasteiger partial charge in [-0.15, -0.1) is 4.52 Å². The second-order valence-electron chi connectivity index (χ2n) is 6.73. The van der Waals surface area contributed by atoms with Crippen LogP contribution in [0.25, 0.3) is 33.1 Å². The molecular formula is C20H14F4N6O. The maximum Gasteiger partial charge on any atom is 0.391 e. The van der Waals surface area contributed by atoms with Crippen LogP contribution in [0, 0.1) is 12.4 Å². The smallest absolute Gasteiger partial charge is 0.391 e. The zero-order valence-electron chi connectivity index (χ0n) is 15.8. The lowest BCUT2D eigenvalue weighted by atomic mass is 10.1. The molecule has 3 aromatic heterocycles. The molecule has 0 aliphatic heterocycles. The Kier molecular flexibility index (Phi) is 5.16. The van der Waals surface area contributed by atoms with Gasteiger partial charge < -0.3 is 14.5 Å². The highest BCUT2D eigenvalue weighted by Crippen LogP contribution is 2.36. The molecule has 0 radical (unpaired) electrons. The average molecular weight is 430 g/mol. The van der Waals surface area contributed by atoms with Crippen LogP contribution in [0.4, 0.5) is 23.4 Å². The summed E-state index contributed by atoms with van der Waals surface area (Å²) in [5, 5.41) is 14.0. The highest BCUT2D eigenvalue weighted by atomic mass is 19.4. The summed E-state index contributed by atoms with van der Waals surface area (Å²) in [6, 6.07) is 7.07. The molecule has 0 saturated heterocycles. The number of aliphatic hydroxyl groups excluding tert-OH is 1. The van der Waals surface area contributed by atoms with Crippen molar-refractivity contribution in [2.75, 3.05) is 6.61 Å². The average Bonchev–Trinajstić information content (AvgIpc) is 3.35. The maximum absolute atomic E-state index is 13.4. The Hall–Kier alpha value is -3.78. The Labute approximate surface area is 173 Å². The van der Waals surface area contributed by atoms with Gasteiger partial charge in [-0.2, -0.15) is 13.2 Å². The fraction of sp³-hybridized carbons (Fsp3) is 0.200. The van der Waals surface area contributed by atoms with E-state index in [4.69, 9.17) is 6.57 Å². The molecule has 4 rings (SSSR count). The molecule has 0 aliphatic carbocycles. The van der Waals surface area contributed by atoms with Gasteiger partial charge in [-0.3, -0.25) is 0 Å². The van der Waals surface area contributed by atoms with E-state index in [0.29, 0.717) is 11.2 Å². The van der Waals surface area contributed by atoms with Gasteiger partial charge in [0.15, 0.2) is 0 Å². The Morgan fingerprint density at radius 3 is 2.48 bits per heavy atom. The van der Waals surface area contributed by atoms with Crippen molar-refractivity contribution in [3.8, 4) is 22.6 Å². The van der Waals surface area contributed by atoms with Gasteiger partial charge in [0, 0.05) is 11.6 Å². The number of aromatic nitrogens is 5. The van der Waals surface area contributed by atoms with Crippen molar-refractivity contribution in [1.82, 2.24) is 24.1 Å². The Bertz CT molecular complexity index is 1270.